The third-order valence-electron chi connectivity index (χ3n) is 5.38. The molecule has 0 unspecified atom stereocenters. The quantitative estimate of drug-likeness (QED) is 0.682. The maximum Gasteiger partial charge on any atom is 0.260 e. The van der Waals surface area contributed by atoms with E-state index in [0.717, 1.165) is 43.2 Å². The summed E-state index contributed by atoms with van der Waals surface area (Å²) < 4.78 is 13.3. The summed E-state index contributed by atoms with van der Waals surface area (Å²) in [7, 11) is 0. The molecule has 1 saturated carbocycles. The van der Waals surface area contributed by atoms with Gasteiger partial charge in [-0.2, -0.15) is 0 Å². The molecule has 1 aliphatic heterocycles. The van der Waals surface area contributed by atoms with Gasteiger partial charge in [-0.3, -0.25) is 14.7 Å². The number of aryl methyl sites for hydroxylation is 1. The van der Waals surface area contributed by atoms with Crippen molar-refractivity contribution in [1.82, 2.24) is 4.90 Å². The number of amides is 1. The van der Waals surface area contributed by atoms with Gasteiger partial charge in [-0.1, -0.05) is 42.4 Å². The SMILES string of the molecule is Cc1cccc(C2=NC3(CCCCC3)N(C(=O)c3ccc(F)cc3)C2=S)c1. The van der Waals surface area contributed by atoms with E-state index in [4.69, 9.17) is 17.2 Å². The van der Waals surface area contributed by atoms with E-state index in [0.29, 0.717) is 16.3 Å². The Hall–Kier alpha value is -2.40. The van der Waals surface area contributed by atoms with Crippen molar-refractivity contribution in [2.75, 3.05) is 0 Å². The van der Waals surface area contributed by atoms with E-state index in [1.54, 1.807) is 4.90 Å². The Morgan fingerprint density at radius 2 is 1.81 bits per heavy atom. The average Bonchev–Trinajstić information content (AvgIpc) is 2.94. The summed E-state index contributed by atoms with van der Waals surface area (Å²) in [5.41, 5.74) is 2.61. The maximum absolute atomic E-state index is 13.3. The molecule has 1 aliphatic carbocycles. The standard InChI is InChI=1S/C22H21FN2OS/c1-15-6-5-7-17(14-15)19-21(27)25(22(24-19)12-3-2-4-13-22)20(26)16-8-10-18(23)11-9-16/h5-11,14H,2-4,12-13H2,1H3. The highest BCUT2D eigenvalue weighted by molar-refractivity contribution is 7.82. The predicted molar refractivity (Wildman–Crippen MR) is 109 cm³/mol. The van der Waals surface area contributed by atoms with Crippen LogP contribution in [0.1, 0.15) is 53.6 Å². The number of aliphatic imine (C=N–C) groups is 1. The van der Waals surface area contributed by atoms with Gasteiger partial charge in [-0.15, -0.1) is 0 Å². The second-order valence-electron chi connectivity index (χ2n) is 7.33. The van der Waals surface area contributed by atoms with Gasteiger partial charge in [-0.25, -0.2) is 4.39 Å². The van der Waals surface area contributed by atoms with Gasteiger partial charge in [0.05, 0.1) is 0 Å². The minimum absolute atomic E-state index is 0.201. The molecule has 1 spiro atoms. The molecule has 0 radical (unpaired) electrons. The topological polar surface area (TPSA) is 32.7 Å². The lowest BCUT2D eigenvalue weighted by Gasteiger charge is -2.38. The molecular formula is C22H21FN2OS. The Balaban J connectivity index is 1.77. The Kier molecular flexibility index (Phi) is 4.64. The lowest BCUT2D eigenvalue weighted by atomic mass is 9.88. The smallest absolute Gasteiger partial charge is 0.260 e. The molecule has 3 nitrogen and oxygen atoms in total. The fourth-order valence-corrected chi connectivity index (χ4v) is 4.45. The van der Waals surface area contributed by atoms with Crippen molar-refractivity contribution < 1.29 is 9.18 Å². The maximum atomic E-state index is 13.3. The first-order valence-electron chi connectivity index (χ1n) is 9.32. The fraction of sp³-hybridized carbons (Fsp3) is 0.318. The molecule has 0 atom stereocenters. The molecule has 0 aromatic heterocycles. The molecule has 0 saturated heterocycles. The number of halogens is 1. The van der Waals surface area contributed by atoms with Crippen LogP contribution in [0.15, 0.2) is 53.5 Å². The molecule has 2 aliphatic rings. The molecule has 27 heavy (non-hydrogen) atoms. The van der Waals surface area contributed by atoms with Gasteiger partial charge in [0.2, 0.25) is 0 Å². The summed E-state index contributed by atoms with van der Waals surface area (Å²) in [5, 5.41) is 0. The van der Waals surface area contributed by atoms with Gasteiger partial charge in [-0.05, 0) is 62.9 Å². The number of nitrogens with zero attached hydrogens (tertiary/aromatic N) is 2. The minimum atomic E-state index is -0.611. The van der Waals surface area contributed by atoms with Crippen LogP contribution in [0, 0.1) is 12.7 Å². The highest BCUT2D eigenvalue weighted by Gasteiger charge is 2.48. The molecule has 2 aromatic rings. The molecule has 1 fully saturated rings. The third kappa shape index (κ3) is 3.21. The second kappa shape index (κ2) is 6.97. The van der Waals surface area contributed by atoms with Gasteiger partial charge in [0.25, 0.3) is 5.91 Å². The van der Waals surface area contributed by atoms with Gasteiger partial charge >= 0.3 is 0 Å². The van der Waals surface area contributed by atoms with Crippen LogP contribution >= 0.6 is 12.2 Å². The molecule has 5 heteroatoms. The molecule has 1 amide bonds. The molecule has 1 heterocycles. The van der Waals surface area contributed by atoms with E-state index >= 15 is 0 Å². The van der Waals surface area contributed by atoms with Crippen molar-refractivity contribution in [3.63, 3.8) is 0 Å². The first kappa shape index (κ1) is 18.0. The normalized spacial score (nSPS) is 18.7. The lowest BCUT2D eigenvalue weighted by Crippen LogP contribution is -2.50. The number of rotatable bonds is 2. The summed E-state index contributed by atoms with van der Waals surface area (Å²) in [6.07, 6.45) is 4.77. The van der Waals surface area contributed by atoms with Crippen LogP contribution in [0.4, 0.5) is 4.39 Å². The molecule has 0 N–H and O–H groups in total. The van der Waals surface area contributed by atoms with Crippen LogP contribution in [0.3, 0.4) is 0 Å². The van der Waals surface area contributed by atoms with Crippen LogP contribution in [0.2, 0.25) is 0 Å². The zero-order valence-electron chi connectivity index (χ0n) is 15.2. The molecule has 2 aromatic carbocycles. The summed E-state index contributed by atoms with van der Waals surface area (Å²) in [4.78, 5) is 20.5. The third-order valence-corrected chi connectivity index (χ3v) is 5.76. The second-order valence-corrected chi connectivity index (χ2v) is 7.71. The van der Waals surface area contributed by atoms with E-state index in [1.807, 2.05) is 31.2 Å². The van der Waals surface area contributed by atoms with Gasteiger partial charge in [0.15, 0.2) is 0 Å². The van der Waals surface area contributed by atoms with Crippen LogP contribution in [0.25, 0.3) is 0 Å². The Morgan fingerprint density at radius 3 is 2.48 bits per heavy atom. The van der Waals surface area contributed by atoms with Crippen LogP contribution in [-0.2, 0) is 0 Å². The fourth-order valence-electron chi connectivity index (χ4n) is 4.04. The predicted octanol–water partition coefficient (Wildman–Crippen LogP) is 5.07. The molecular weight excluding hydrogens is 359 g/mol. The summed E-state index contributed by atoms with van der Waals surface area (Å²) in [6, 6.07) is 13.7. The molecule has 138 valence electrons. The number of hydrogen-bond donors (Lipinski definition) is 0. The number of carbonyl (C=O) groups is 1. The Bertz CT molecular complexity index is 930. The Labute approximate surface area is 163 Å². The van der Waals surface area contributed by atoms with Gasteiger partial charge in [0.1, 0.15) is 22.2 Å². The first-order chi connectivity index (χ1) is 13.0. The van der Waals surface area contributed by atoms with Crippen molar-refractivity contribution in [3.05, 3.63) is 71.0 Å². The van der Waals surface area contributed by atoms with E-state index in [2.05, 4.69) is 0 Å². The van der Waals surface area contributed by atoms with Crippen molar-refractivity contribution >= 4 is 28.8 Å². The summed E-state index contributed by atoms with van der Waals surface area (Å²) in [5.74, 6) is -0.562. The van der Waals surface area contributed by atoms with E-state index in [1.165, 1.54) is 24.3 Å². The van der Waals surface area contributed by atoms with Crippen molar-refractivity contribution in [2.24, 2.45) is 4.99 Å². The summed E-state index contributed by atoms with van der Waals surface area (Å²) >= 11 is 5.74. The summed E-state index contributed by atoms with van der Waals surface area (Å²) in [6.45, 7) is 2.03. The lowest BCUT2D eigenvalue weighted by molar-refractivity contribution is 0.0648. The van der Waals surface area contributed by atoms with Gasteiger partial charge < -0.3 is 0 Å². The monoisotopic (exact) mass is 380 g/mol. The van der Waals surface area contributed by atoms with Crippen molar-refractivity contribution in [2.45, 2.75) is 44.7 Å². The van der Waals surface area contributed by atoms with Crippen LogP contribution in [-0.4, -0.2) is 27.2 Å². The first-order valence-corrected chi connectivity index (χ1v) is 9.72. The zero-order chi connectivity index (χ0) is 19.0. The average molecular weight is 380 g/mol. The molecule has 4 rings (SSSR count). The number of hydrogen-bond acceptors (Lipinski definition) is 3. The highest BCUT2D eigenvalue weighted by atomic mass is 32.1. The van der Waals surface area contributed by atoms with E-state index in [-0.39, 0.29) is 11.7 Å². The van der Waals surface area contributed by atoms with Gasteiger partial charge in [0, 0.05) is 11.1 Å². The van der Waals surface area contributed by atoms with E-state index in [9.17, 15) is 9.18 Å². The van der Waals surface area contributed by atoms with Crippen LogP contribution < -0.4 is 0 Å². The highest BCUT2D eigenvalue weighted by Crippen LogP contribution is 2.41. The number of carbonyl (C=O) groups excluding carboxylic acids is 1. The Morgan fingerprint density at radius 1 is 1.11 bits per heavy atom. The van der Waals surface area contributed by atoms with Crippen molar-refractivity contribution in [1.29, 1.82) is 0 Å². The zero-order valence-corrected chi connectivity index (χ0v) is 16.1. The van der Waals surface area contributed by atoms with Crippen LogP contribution in [0.5, 0.6) is 0 Å². The number of benzene rings is 2. The van der Waals surface area contributed by atoms with E-state index < -0.39 is 5.66 Å². The largest absolute Gasteiger partial charge is 0.271 e. The number of thiocarbonyl (C=S) groups is 1. The van der Waals surface area contributed by atoms with Crippen molar-refractivity contribution in [3.8, 4) is 0 Å². The molecule has 0 bridgehead atoms. The minimum Gasteiger partial charge on any atom is -0.271 e.